The average molecular weight is 711 g/mol. The Morgan fingerprint density at radius 3 is 1.83 bits per heavy atom. The molecule has 0 aliphatic carbocycles. The average Bonchev–Trinajstić information content (AvgIpc) is 3.70. The predicted molar refractivity (Wildman–Crippen MR) is 216 cm³/mol. The Morgan fingerprint density at radius 2 is 1.22 bits per heavy atom. The number of fused-ring (bicyclic) bond motifs is 2. The van der Waals surface area contributed by atoms with Gasteiger partial charge in [-0.25, -0.2) is 0 Å². The van der Waals surface area contributed by atoms with Gasteiger partial charge in [0.1, 0.15) is 0 Å². The quantitative estimate of drug-likeness (QED) is 0.195. The smallest absolute Gasteiger partial charge is 0.0490 e. The fourth-order valence-corrected chi connectivity index (χ4v) is 15.0. The maximum absolute atomic E-state index is 4.44. The van der Waals surface area contributed by atoms with E-state index in [0.717, 1.165) is 11.1 Å². The fourth-order valence-electron chi connectivity index (χ4n) is 6.57. The summed E-state index contributed by atoms with van der Waals surface area (Å²) in [7, 11) is 0. The van der Waals surface area contributed by atoms with Gasteiger partial charge in [0, 0.05) is 63.9 Å². The standard InChI is InChI=1S/C40H38S6/c1-23(2)35(27-7-11-29(12-8-27)37-39-33(21-45-37)41-17-19-43-39)31-15-16-32(26(6)25(31)5)36(24(3)4)28-9-13-30(14-10-28)38-40-34(22-46-38)42-18-20-44-40/h7-16,21,34H,1,3,17-20,22H2,2,4-6H3/b35-31+,36-32+. The SMILES string of the molecule is C=C(C)/C(c1ccc(C2=C3SCCSC3CS2)cc1)=c1/cc/c(=C(/C(=C)C)c2ccc(-c3scc4c3SCCS4)cc2)c(C)c1C. The summed E-state index contributed by atoms with van der Waals surface area (Å²) in [6.45, 7) is 17.7. The highest BCUT2D eigenvalue weighted by Gasteiger charge is 2.30. The maximum Gasteiger partial charge on any atom is 0.0490 e. The second kappa shape index (κ2) is 13.9. The van der Waals surface area contributed by atoms with Crippen LogP contribution in [0.1, 0.15) is 41.7 Å². The molecule has 234 valence electrons. The van der Waals surface area contributed by atoms with Crippen molar-refractivity contribution in [1.29, 1.82) is 0 Å². The molecule has 3 aromatic carbocycles. The zero-order valence-electron chi connectivity index (χ0n) is 26.8. The van der Waals surface area contributed by atoms with Gasteiger partial charge < -0.3 is 0 Å². The number of thiophene rings is 1. The summed E-state index contributed by atoms with van der Waals surface area (Å²) < 4.78 is 0. The molecule has 7 rings (SSSR count). The Bertz CT molecular complexity index is 2010. The van der Waals surface area contributed by atoms with Crippen molar-refractivity contribution in [3.05, 3.63) is 134 Å². The second-order valence-corrected chi connectivity index (χ2v) is 18.6. The lowest BCUT2D eigenvalue weighted by atomic mass is 9.89. The van der Waals surface area contributed by atoms with E-state index >= 15 is 0 Å². The number of allylic oxidation sites excluding steroid dienone is 2. The first-order valence-corrected chi connectivity index (χ1v) is 21.6. The molecule has 4 aromatic rings. The fraction of sp³-hybridized carbons (Fsp3) is 0.250. The Kier molecular flexibility index (Phi) is 9.85. The highest BCUT2D eigenvalue weighted by atomic mass is 32.2. The van der Waals surface area contributed by atoms with Crippen LogP contribution in [0.5, 0.6) is 0 Å². The largest absolute Gasteiger partial charge is 0.151 e. The molecule has 3 aliphatic rings. The third-order valence-electron chi connectivity index (χ3n) is 8.91. The molecule has 0 nitrogen and oxygen atoms in total. The number of hydrogen-bond acceptors (Lipinski definition) is 6. The van der Waals surface area contributed by atoms with Gasteiger partial charge in [0.2, 0.25) is 0 Å². The van der Waals surface area contributed by atoms with Crippen LogP contribution in [0.3, 0.4) is 0 Å². The zero-order chi connectivity index (χ0) is 31.9. The van der Waals surface area contributed by atoms with Crippen molar-refractivity contribution in [2.75, 3.05) is 28.8 Å². The summed E-state index contributed by atoms with van der Waals surface area (Å²) in [5.74, 6) is 6.10. The second-order valence-electron chi connectivity index (χ2n) is 12.0. The number of thioether (sulfide) groups is 5. The van der Waals surface area contributed by atoms with Crippen LogP contribution in [0.15, 0.2) is 105 Å². The molecule has 4 heterocycles. The molecule has 1 unspecified atom stereocenters. The Hall–Kier alpha value is -1.93. The van der Waals surface area contributed by atoms with Crippen molar-refractivity contribution in [1.82, 2.24) is 0 Å². The van der Waals surface area contributed by atoms with Crippen LogP contribution in [-0.4, -0.2) is 34.0 Å². The van der Waals surface area contributed by atoms with Crippen LogP contribution in [-0.2, 0) is 0 Å². The molecule has 1 fully saturated rings. The summed E-state index contributed by atoms with van der Waals surface area (Å²) in [5, 5.41) is 5.52. The molecule has 1 atom stereocenters. The summed E-state index contributed by atoms with van der Waals surface area (Å²) in [6.07, 6.45) is 0. The van der Waals surface area contributed by atoms with Gasteiger partial charge >= 0.3 is 0 Å². The molecule has 0 bridgehead atoms. The highest BCUT2D eigenvalue weighted by Crippen LogP contribution is 2.51. The number of benzene rings is 3. The summed E-state index contributed by atoms with van der Waals surface area (Å²) in [6, 6.07) is 23.0. The van der Waals surface area contributed by atoms with E-state index in [-0.39, 0.29) is 0 Å². The summed E-state index contributed by atoms with van der Waals surface area (Å²) in [5.41, 5.74) is 12.3. The normalized spacial score (nSPS) is 19.0. The van der Waals surface area contributed by atoms with Gasteiger partial charge in [-0.15, -0.1) is 58.4 Å². The first kappa shape index (κ1) is 32.6. The van der Waals surface area contributed by atoms with Crippen LogP contribution in [0.2, 0.25) is 0 Å². The van der Waals surface area contributed by atoms with Crippen molar-refractivity contribution >= 4 is 86.2 Å². The van der Waals surface area contributed by atoms with Crippen molar-refractivity contribution < 1.29 is 0 Å². The summed E-state index contributed by atoms with van der Waals surface area (Å²) in [4.78, 5) is 7.40. The first-order chi connectivity index (χ1) is 22.3. The zero-order valence-corrected chi connectivity index (χ0v) is 31.7. The van der Waals surface area contributed by atoms with Gasteiger partial charge in [-0.2, -0.15) is 11.8 Å². The Labute approximate surface area is 299 Å². The molecule has 0 N–H and O–H groups in total. The van der Waals surface area contributed by atoms with Gasteiger partial charge in [0.05, 0.1) is 0 Å². The van der Waals surface area contributed by atoms with E-state index in [2.05, 4.69) is 130 Å². The minimum absolute atomic E-state index is 0.684. The molecule has 1 saturated heterocycles. The van der Waals surface area contributed by atoms with Crippen molar-refractivity contribution in [3.63, 3.8) is 0 Å². The summed E-state index contributed by atoms with van der Waals surface area (Å²) >= 11 is 12.1. The van der Waals surface area contributed by atoms with Gasteiger partial charge in [-0.1, -0.05) is 73.8 Å². The highest BCUT2D eigenvalue weighted by molar-refractivity contribution is 8.15. The number of hydrogen-bond donors (Lipinski definition) is 0. The van der Waals surface area contributed by atoms with Gasteiger partial charge in [0.25, 0.3) is 0 Å². The Morgan fingerprint density at radius 1 is 0.652 bits per heavy atom. The van der Waals surface area contributed by atoms with Crippen molar-refractivity contribution in [2.45, 2.75) is 42.7 Å². The third kappa shape index (κ3) is 6.19. The van der Waals surface area contributed by atoms with Gasteiger partial charge in [-0.3, -0.25) is 0 Å². The third-order valence-corrected chi connectivity index (χ3v) is 17.2. The molecule has 6 heteroatoms. The molecule has 3 aliphatic heterocycles. The predicted octanol–water partition coefficient (Wildman–Crippen LogP) is 11.0. The van der Waals surface area contributed by atoms with Crippen LogP contribution < -0.4 is 10.4 Å². The first-order valence-electron chi connectivity index (χ1n) is 15.7. The van der Waals surface area contributed by atoms with Gasteiger partial charge in [0.15, 0.2) is 0 Å². The molecule has 0 spiro atoms. The van der Waals surface area contributed by atoms with Crippen molar-refractivity contribution in [2.24, 2.45) is 0 Å². The van der Waals surface area contributed by atoms with Crippen LogP contribution in [0.25, 0.3) is 26.5 Å². The van der Waals surface area contributed by atoms with E-state index in [9.17, 15) is 0 Å². The molecular formula is C40H38S6. The van der Waals surface area contributed by atoms with E-state index in [1.807, 2.05) is 46.6 Å². The molecule has 1 aromatic heterocycles. The van der Waals surface area contributed by atoms with E-state index in [1.165, 1.54) is 103 Å². The van der Waals surface area contributed by atoms with E-state index < -0.39 is 0 Å². The monoisotopic (exact) mass is 710 g/mol. The molecule has 46 heavy (non-hydrogen) atoms. The van der Waals surface area contributed by atoms with Crippen LogP contribution in [0.4, 0.5) is 0 Å². The lowest BCUT2D eigenvalue weighted by Crippen LogP contribution is -2.22. The number of rotatable bonds is 6. The molecule has 0 radical (unpaired) electrons. The maximum atomic E-state index is 4.44. The minimum atomic E-state index is 0.684. The van der Waals surface area contributed by atoms with Crippen LogP contribution in [0, 0.1) is 13.8 Å². The topological polar surface area (TPSA) is 0 Å². The van der Waals surface area contributed by atoms with E-state index in [1.54, 1.807) is 4.91 Å². The molecular weight excluding hydrogens is 673 g/mol. The minimum Gasteiger partial charge on any atom is -0.151 e. The van der Waals surface area contributed by atoms with Crippen molar-refractivity contribution in [3.8, 4) is 10.4 Å². The lowest BCUT2D eigenvalue weighted by Gasteiger charge is -2.19. The molecule has 0 saturated carbocycles. The molecule has 0 amide bonds. The van der Waals surface area contributed by atoms with E-state index in [0.29, 0.717) is 5.25 Å². The Balaban J connectivity index is 1.28. The van der Waals surface area contributed by atoms with Crippen LogP contribution >= 0.6 is 70.1 Å². The van der Waals surface area contributed by atoms with E-state index in [4.69, 9.17) is 0 Å². The lowest BCUT2D eigenvalue weighted by molar-refractivity contribution is 1.24. The van der Waals surface area contributed by atoms with Gasteiger partial charge in [-0.05, 0) is 93.8 Å².